The molecule has 0 radical (unpaired) electrons. The number of hydrogen-bond acceptors (Lipinski definition) is 6. The highest BCUT2D eigenvalue weighted by Gasteiger charge is 2.07. The van der Waals surface area contributed by atoms with Gasteiger partial charge in [-0.2, -0.15) is 4.98 Å². The molecule has 144 valence electrons. The molecule has 0 aliphatic rings. The van der Waals surface area contributed by atoms with Gasteiger partial charge in [0, 0.05) is 23.8 Å². The Bertz CT molecular complexity index is 927. The van der Waals surface area contributed by atoms with Crippen molar-refractivity contribution < 1.29 is 0 Å². The molecule has 7 N–H and O–H groups in total. The summed E-state index contributed by atoms with van der Waals surface area (Å²) in [5.41, 5.74) is 14.2. The number of aromatic nitrogens is 3. The number of hydrogen-bond donors (Lipinski definition) is 5. The largest absolute Gasteiger partial charge is 0.354 e. The lowest BCUT2D eigenvalue weighted by molar-refractivity contribution is 0.519. The second-order valence-electron chi connectivity index (χ2n) is 6.52. The Morgan fingerprint density at radius 1 is 1.22 bits per heavy atom. The minimum atomic E-state index is -0.463. The van der Waals surface area contributed by atoms with Gasteiger partial charge in [0.05, 0.1) is 5.69 Å². The Labute approximate surface area is 158 Å². The van der Waals surface area contributed by atoms with Crippen LogP contribution in [-0.4, -0.2) is 33.9 Å². The lowest BCUT2D eigenvalue weighted by Gasteiger charge is -2.09. The topological polar surface area (TPSA) is 127 Å². The quantitative estimate of drug-likeness (QED) is 0.277. The number of H-pyrrole nitrogens is 1. The lowest BCUT2D eigenvalue weighted by atomic mass is 10.2. The Balaban J connectivity index is 1.62. The van der Waals surface area contributed by atoms with Gasteiger partial charge in [0.25, 0.3) is 0 Å². The van der Waals surface area contributed by atoms with E-state index in [4.69, 9.17) is 11.5 Å². The summed E-state index contributed by atoms with van der Waals surface area (Å²) in [6.45, 7) is 4.47. The third kappa shape index (κ3) is 5.01. The van der Waals surface area contributed by atoms with Gasteiger partial charge in [0.15, 0.2) is 0 Å². The molecule has 2 aromatic heterocycles. The zero-order chi connectivity index (χ0) is 19.2. The third-order valence-corrected chi connectivity index (χ3v) is 4.40. The first kappa shape index (κ1) is 19.2. The van der Waals surface area contributed by atoms with Crippen LogP contribution in [0.25, 0.3) is 16.7 Å². The van der Waals surface area contributed by atoms with Crippen molar-refractivity contribution in [3.05, 3.63) is 58.3 Å². The van der Waals surface area contributed by atoms with E-state index in [2.05, 4.69) is 27.5 Å². The van der Waals surface area contributed by atoms with Crippen molar-refractivity contribution in [2.24, 2.45) is 11.5 Å². The summed E-state index contributed by atoms with van der Waals surface area (Å²) in [5, 5.41) is 7.27. The fourth-order valence-electron chi connectivity index (χ4n) is 2.92. The molecule has 0 spiro atoms. The van der Waals surface area contributed by atoms with Crippen LogP contribution in [0.3, 0.4) is 0 Å². The molecule has 0 saturated carbocycles. The number of nitrogens with one attached hydrogen (secondary N) is 3. The first-order valence-corrected chi connectivity index (χ1v) is 9.22. The zero-order valence-electron chi connectivity index (χ0n) is 15.5. The van der Waals surface area contributed by atoms with Crippen molar-refractivity contribution >= 4 is 11.0 Å². The van der Waals surface area contributed by atoms with Gasteiger partial charge in [0.1, 0.15) is 11.9 Å². The van der Waals surface area contributed by atoms with Crippen molar-refractivity contribution in [2.45, 2.75) is 32.6 Å². The van der Waals surface area contributed by atoms with Crippen LogP contribution in [0.1, 0.15) is 24.6 Å². The van der Waals surface area contributed by atoms with Crippen LogP contribution in [0.15, 0.2) is 41.3 Å². The summed E-state index contributed by atoms with van der Waals surface area (Å²) in [5.74, 6) is 0. The van der Waals surface area contributed by atoms with Crippen molar-refractivity contribution in [1.82, 2.24) is 25.2 Å². The Morgan fingerprint density at radius 3 is 2.70 bits per heavy atom. The van der Waals surface area contributed by atoms with Crippen LogP contribution in [0.2, 0.25) is 0 Å². The van der Waals surface area contributed by atoms with E-state index >= 15 is 0 Å². The maximum absolute atomic E-state index is 12.3. The van der Waals surface area contributed by atoms with Gasteiger partial charge in [-0.05, 0) is 49.7 Å². The molecule has 3 rings (SSSR count). The third-order valence-electron chi connectivity index (χ3n) is 4.40. The highest BCUT2D eigenvalue weighted by atomic mass is 16.1. The van der Waals surface area contributed by atoms with E-state index < -0.39 is 6.29 Å². The molecular weight excluding hydrogens is 342 g/mol. The Morgan fingerprint density at radius 2 is 2.00 bits per heavy atom. The molecule has 0 bridgehead atoms. The lowest BCUT2D eigenvalue weighted by Crippen LogP contribution is -2.45. The van der Waals surface area contributed by atoms with Crippen molar-refractivity contribution in [1.29, 1.82) is 0 Å². The molecule has 2 heterocycles. The van der Waals surface area contributed by atoms with Crippen molar-refractivity contribution in [2.75, 3.05) is 13.1 Å². The number of rotatable bonds is 9. The molecule has 27 heavy (non-hydrogen) atoms. The van der Waals surface area contributed by atoms with Crippen molar-refractivity contribution in [3.8, 4) is 5.69 Å². The maximum Gasteiger partial charge on any atom is 0.354 e. The zero-order valence-corrected chi connectivity index (χ0v) is 15.5. The maximum atomic E-state index is 12.3. The van der Waals surface area contributed by atoms with Crippen molar-refractivity contribution in [3.63, 3.8) is 0 Å². The molecule has 0 atom stereocenters. The van der Waals surface area contributed by atoms with Gasteiger partial charge >= 0.3 is 5.69 Å². The second kappa shape index (κ2) is 8.92. The summed E-state index contributed by atoms with van der Waals surface area (Å²) in [6.07, 6.45) is 3.19. The average molecular weight is 369 g/mol. The molecule has 0 unspecified atom stereocenters. The van der Waals surface area contributed by atoms with E-state index in [1.54, 1.807) is 4.57 Å². The molecule has 8 heteroatoms. The Kier molecular flexibility index (Phi) is 6.36. The normalized spacial score (nSPS) is 11.6. The number of benzene rings is 1. The van der Waals surface area contributed by atoms with E-state index in [9.17, 15) is 4.79 Å². The summed E-state index contributed by atoms with van der Waals surface area (Å²) >= 11 is 0. The smallest absolute Gasteiger partial charge is 0.343 e. The minimum absolute atomic E-state index is 0.288. The number of aryl methyl sites for hydroxylation is 1. The summed E-state index contributed by atoms with van der Waals surface area (Å²) in [4.78, 5) is 19.6. The number of nitrogens with two attached hydrogens (primary N) is 2. The predicted octanol–water partition coefficient (Wildman–Crippen LogP) is 0.547. The minimum Gasteiger partial charge on any atom is -0.343 e. The average Bonchev–Trinajstić information content (AvgIpc) is 3.06. The summed E-state index contributed by atoms with van der Waals surface area (Å²) in [7, 11) is 0. The van der Waals surface area contributed by atoms with E-state index in [0.29, 0.717) is 5.65 Å². The highest BCUT2D eigenvalue weighted by Crippen LogP contribution is 2.14. The Hall–Kier alpha value is -2.52. The van der Waals surface area contributed by atoms with E-state index in [0.717, 1.165) is 54.8 Å². The van der Waals surface area contributed by atoms with Gasteiger partial charge in [-0.1, -0.05) is 19.1 Å². The molecule has 8 nitrogen and oxygen atoms in total. The fourth-order valence-corrected chi connectivity index (χ4v) is 2.92. The van der Waals surface area contributed by atoms with Gasteiger partial charge in [-0.15, -0.1) is 0 Å². The predicted molar refractivity (Wildman–Crippen MR) is 108 cm³/mol. The fraction of sp³-hybridized carbons (Fsp3) is 0.368. The molecule has 0 aliphatic heterocycles. The highest BCUT2D eigenvalue weighted by molar-refractivity contribution is 5.75. The van der Waals surface area contributed by atoms with Crippen LogP contribution in [0.4, 0.5) is 0 Å². The van der Waals surface area contributed by atoms with Crippen LogP contribution in [0.5, 0.6) is 0 Å². The van der Waals surface area contributed by atoms with Crippen LogP contribution < -0.4 is 27.8 Å². The molecule has 0 aliphatic carbocycles. The van der Waals surface area contributed by atoms with E-state index in [1.807, 2.05) is 36.5 Å². The molecule has 0 saturated heterocycles. The van der Waals surface area contributed by atoms with Crippen LogP contribution in [0, 0.1) is 0 Å². The first-order valence-electron chi connectivity index (χ1n) is 9.22. The second-order valence-corrected chi connectivity index (χ2v) is 6.52. The van der Waals surface area contributed by atoms with Gasteiger partial charge in [-0.25, -0.2) is 4.79 Å². The molecule has 0 amide bonds. The van der Waals surface area contributed by atoms with Gasteiger partial charge in [-0.3, -0.25) is 9.88 Å². The monoisotopic (exact) mass is 369 g/mol. The molecule has 1 aromatic carbocycles. The first-order chi connectivity index (χ1) is 13.1. The standard InChI is InChI=1S/C19H27N7O/c1-2-15-10-14-12-26(19(27)25-17(14)24-15)16-6-4-13(5-7-16)11-22-8-3-9-23-18(20)21/h4-7,10,12,18,22-23H,2-3,8-9,11,20-21H2,1H3,(H,24,25,27). The molecular formula is C19H27N7O. The molecule has 0 fully saturated rings. The van der Waals surface area contributed by atoms with Gasteiger partial charge in [0.2, 0.25) is 0 Å². The number of nitrogens with zero attached hydrogens (tertiary/aromatic N) is 2. The van der Waals surface area contributed by atoms with E-state index in [1.165, 1.54) is 0 Å². The van der Waals surface area contributed by atoms with Crippen LogP contribution in [-0.2, 0) is 13.0 Å². The van der Waals surface area contributed by atoms with Gasteiger partial charge < -0.3 is 21.8 Å². The SMILES string of the molecule is CCc1cc2cn(-c3ccc(CNCCCNC(N)N)cc3)c(=O)nc2[nH]1. The summed E-state index contributed by atoms with van der Waals surface area (Å²) < 4.78 is 1.58. The van der Waals surface area contributed by atoms with Crippen LogP contribution >= 0.6 is 0 Å². The molecule has 3 aromatic rings. The summed E-state index contributed by atoms with van der Waals surface area (Å²) in [6, 6.07) is 9.94. The van der Waals surface area contributed by atoms with E-state index in [-0.39, 0.29) is 5.69 Å². The number of aromatic amines is 1. The number of fused-ring (bicyclic) bond motifs is 1.